The van der Waals surface area contributed by atoms with Gasteiger partial charge in [0.25, 0.3) is 0 Å². The molecule has 1 aromatic carbocycles. The van der Waals surface area contributed by atoms with Crippen LogP contribution in [0.1, 0.15) is 25.7 Å². The fourth-order valence-corrected chi connectivity index (χ4v) is 3.96. The summed E-state index contributed by atoms with van der Waals surface area (Å²) in [6.45, 7) is 0. The average Bonchev–Trinajstić information content (AvgIpc) is 2.32. The molecule has 0 heterocycles. The number of hydrogen-bond acceptors (Lipinski definition) is 2. The van der Waals surface area contributed by atoms with E-state index in [-0.39, 0.29) is 10.9 Å². The van der Waals surface area contributed by atoms with E-state index in [0.29, 0.717) is 4.83 Å². The molecular weight excluding hydrogens is 321 g/mol. The molecule has 3 nitrogen and oxygen atoms in total. The minimum absolute atomic E-state index is 0.0107. The number of halogens is 2. The maximum atomic E-state index is 13.0. The Hall–Kier alpha value is -0.460. The summed E-state index contributed by atoms with van der Waals surface area (Å²) >= 11 is 3.52. The second-order valence-corrected chi connectivity index (χ2v) is 7.54. The predicted molar refractivity (Wildman–Crippen MR) is 71.7 cm³/mol. The molecule has 0 aromatic heterocycles. The highest BCUT2D eigenvalue weighted by Crippen LogP contribution is 2.25. The third kappa shape index (κ3) is 3.52. The van der Waals surface area contributed by atoms with Crippen LogP contribution in [0.25, 0.3) is 0 Å². The smallest absolute Gasteiger partial charge is 0.208 e. The standard InChI is InChI=1S/C12H15BrFNO2S/c13-9-4-6-11(7-5-9)15-18(16,17)12-3-1-2-10(14)8-12/h1-3,8-9,11,15H,4-7H2. The molecule has 1 aliphatic carbocycles. The Morgan fingerprint density at radius 2 is 1.89 bits per heavy atom. The molecule has 1 saturated carbocycles. The zero-order valence-electron chi connectivity index (χ0n) is 9.77. The summed E-state index contributed by atoms with van der Waals surface area (Å²) in [5.41, 5.74) is 0. The van der Waals surface area contributed by atoms with E-state index in [1.54, 1.807) is 0 Å². The van der Waals surface area contributed by atoms with Crippen molar-refractivity contribution in [1.82, 2.24) is 4.72 Å². The van der Waals surface area contributed by atoms with Crippen molar-refractivity contribution in [3.05, 3.63) is 30.1 Å². The minimum Gasteiger partial charge on any atom is -0.208 e. The van der Waals surface area contributed by atoms with E-state index >= 15 is 0 Å². The lowest BCUT2D eigenvalue weighted by Crippen LogP contribution is -2.37. The lowest BCUT2D eigenvalue weighted by atomic mass is 9.96. The third-order valence-corrected chi connectivity index (χ3v) is 5.52. The summed E-state index contributed by atoms with van der Waals surface area (Å²) in [6.07, 6.45) is 3.53. The molecular formula is C12H15BrFNO2S. The number of sulfonamides is 1. The molecule has 1 N–H and O–H groups in total. The Morgan fingerprint density at radius 1 is 1.22 bits per heavy atom. The molecule has 1 aliphatic rings. The second kappa shape index (κ2) is 5.67. The molecule has 0 spiro atoms. The predicted octanol–water partition coefficient (Wildman–Crippen LogP) is 2.81. The lowest BCUT2D eigenvalue weighted by molar-refractivity contribution is 0.422. The number of hydrogen-bond donors (Lipinski definition) is 1. The van der Waals surface area contributed by atoms with Gasteiger partial charge in [-0.1, -0.05) is 22.0 Å². The fourth-order valence-electron chi connectivity index (χ4n) is 2.09. The van der Waals surface area contributed by atoms with Crippen molar-refractivity contribution < 1.29 is 12.8 Å². The molecule has 1 fully saturated rings. The van der Waals surface area contributed by atoms with Crippen LogP contribution in [0.15, 0.2) is 29.2 Å². The molecule has 0 amide bonds. The number of nitrogens with one attached hydrogen (secondary N) is 1. The van der Waals surface area contributed by atoms with Crippen LogP contribution in [0.5, 0.6) is 0 Å². The van der Waals surface area contributed by atoms with Crippen LogP contribution in [0.2, 0.25) is 0 Å². The minimum atomic E-state index is -3.61. The van der Waals surface area contributed by atoms with Gasteiger partial charge in [0, 0.05) is 10.9 Å². The van der Waals surface area contributed by atoms with E-state index in [1.165, 1.54) is 18.2 Å². The summed E-state index contributed by atoms with van der Waals surface area (Å²) < 4.78 is 39.8. The Labute approximate surface area is 115 Å². The molecule has 2 rings (SSSR count). The molecule has 100 valence electrons. The second-order valence-electron chi connectivity index (χ2n) is 4.53. The van der Waals surface area contributed by atoms with Crippen LogP contribution in [0.3, 0.4) is 0 Å². The van der Waals surface area contributed by atoms with Crippen molar-refractivity contribution in [2.75, 3.05) is 0 Å². The molecule has 0 atom stereocenters. The van der Waals surface area contributed by atoms with Gasteiger partial charge in [0.05, 0.1) is 4.90 Å². The Morgan fingerprint density at radius 3 is 2.50 bits per heavy atom. The van der Waals surface area contributed by atoms with Crippen LogP contribution in [-0.2, 0) is 10.0 Å². The first-order chi connectivity index (χ1) is 8.47. The maximum Gasteiger partial charge on any atom is 0.240 e. The van der Waals surface area contributed by atoms with Crippen molar-refractivity contribution in [3.63, 3.8) is 0 Å². The molecule has 0 bridgehead atoms. The van der Waals surface area contributed by atoms with Crippen molar-refractivity contribution >= 4 is 26.0 Å². The van der Waals surface area contributed by atoms with Gasteiger partial charge in [-0.25, -0.2) is 17.5 Å². The maximum absolute atomic E-state index is 13.0. The summed E-state index contributed by atoms with van der Waals surface area (Å²) in [6, 6.07) is 5.03. The number of rotatable bonds is 3. The van der Waals surface area contributed by atoms with Gasteiger partial charge in [0.2, 0.25) is 10.0 Å². The zero-order valence-corrected chi connectivity index (χ0v) is 12.2. The van der Waals surface area contributed by atoms with Crippen LogP contribution >= 0.6 is 15.9 Å². The van der Waals surface area contributed by atoms with Crippen LogP contribution < -0.4 is 4.72 Å². The summed E-state index contributed by atoms with van der Waals surface area (Å²) in [4.78, 5) is 0.468. The van der Waals surface area contributed by atoms with E-state index in [4.69, 9.17) is 0 Å². The Bertz CT molecular complexity index is 513. The molecule has 0 saturated heterocycles. The molecule has 1 aromatic rings. The first kappa shape index (κ1) is 14.0. The monoisotopic (exact) mass is 335 g/mol. The summed E-state index contributed by atoms with van der Waals surface area (Å²) in [5, 5.41) is 0. The first-order valence-electron chi connectivity index (χ1n) is 5.89. The van der Waals surface area contributed by atoms with Gasteiger partial charge in [-0.05, 0) is 43.9 Å². The van der Waals surface area contributed by atoms with Crippen LogP contribution in [-0.4, -0.2) is 19.3 Å². The molecule has 0 unspecified atom stereocenters. The van der Waals surface area contributed by atoms with Crippen LogP contribution in [0, 0.1) is 5.82 Å². The SMILES string of the molecule is O=S(=O)(NC1CCC(Br)CC1)c1cccc(F)c1. The Balaban J connectivity index is 2.08. The summed E-state index contributed by atoms with van der Waals surface area (Å²) in [7, 11) is -3.61. The molecule has 0 radical (unpaired) electrons. The fraction of sp³-hybridized carbons (Fsp3) is 0.500. The molecule has 6 heteroatoms. The Kier molecular flexibility index (Phi) is 4.40. The van der Waals surface area contributed by atoms with E-state index < -0.39 is 15.8 Å². The van der Waals surface area contributed by atoms with Gasteiger partial charge in [0.1, 0.15) is 5.82 Å². The largest absolute Gasteiger partial charge is 0.240 e. The van der Waals surface area contributed by atoms with E-state index in [9.17, 15) is 12.8 Å². The van der Waals surface area contributed by atoms with E-state index in [1.807, 2.05) is 0 Å². The average molecular weight is 336 g/mol. The molecule has 18 heavy (non-hydrogen) atoms. The first-order valence-corrected chi connectivity index (χ1v) is 8.29. The van der Waals surface area contributed by atoms with Crippen molar-refractivity contribution in [2.45, 2.75) is 41.4 Å². The van der Waals surface area contributed by atoms with E-state index in [0.717, 1.165) is 31.7 Å². The molecule has 0 aliphatic heterocycles. The number of alkyl halides is 1. The van der Waals surface area contributed by atoms with Crippen molar-refractivity contribution in [2.24, 2.45) is 0 Å². The van der Waals surface area contributed by atoms with Gasteiger partial charge in [-0.2, -0.15) is 0 Å². The number of benzene rings is 1. The van der Waals surface area contributed by atoms with Crippen LogP contribution in [0.4, 0.5) is 4.39 Å². The third-order valence-electron chi connectivity index (χ3n) is 3.08. The van der Waals surface area contributed by atoms with Gasteiger partial charge in [-0.3, -0.25) is 0 Å². The van der Waals surface area contributed by atoms with Crippen molar-refractivity contribution in [3.8, 4) is 0 Å². The van der Waals surface area contributed by atoms with Gasteiger partial charge in [-0.15, -0.1) is 0 Å². The topological polar surface area (TPSA) is 46.2 Å². The zero-order chi connectivity index (χ0) is 13.2. The van der Waals surface area contributed by atoms with Gasteiger partial charge >= 0.3 is 0 Å². The normalized spacial score (nSPS) is 25.0. The lowest BCUT2D eigenvalue weighted by Gasteiger charge is -2.25. The summed E-state index contributed by atoms with van der Waals surface area (Å²) in [5.74, 6) is -0.540. The van der Waals surface area contributed by atoms with Gasteiger partial charge < -0.3 is 0 Å². The van der Waals surface area contributed by atoms with Gasteiger partial charge in [0.15, 0.2) is 0 Å². The highest BCUT2D eigenvalue weighted by atomic mass is 79.9. The highest BCUT2D eigenvalue weighted by molar-refractivity contribution is 9.09. The van der Waals surface area contributed by atoms with Crippen molar-refractivity contribution in [1.29, 1.82) is 0 Å². The quantitative estimate of drug-likeness (QED) is 0.863. The van der Waals surface area contributed by atoms with E-state index in [2.05, 4.69) is 20.7 Å². The highest BCUT2D eigenvalue weighted by Gasteiger charge is 2.24.